The summed E-state index contributed by atoms with van der Waals surface area (Å²) in [5, 5.41) is 6.84. The maximum atomic E-state index is 13.7. The summed E-state index contributed by atoms with van der Waals surface area (Å²) in [7, 11) is 0. The first kappa shape index (κ1) is 19.3. The Morgan fingerprint density at radius 3 is 2.59 bits per heavy atom. The molecule has 2 aromatic rings. The molecule has 29 heavy (non-hydrogen) atoms. The molecule has 1 saturated heterocycles. The number of anilines is 1. The molecule has 0 aliphatic carbocycles. The largest absolute Gasteiger partial charge is 0.467 e. The molecule has 2 aromatic heterocycles. The van der Waals surface area contributed by atoms with E-state index >= 15 is 0 Å². The van der Waals surface area contributed by atoms with Crippen LogP contribution in [0.2, 0.25) is 0 Å². The van der Waals surface area contributed by atoms with E-state index in [1.165, 1.54) is 11.2 Å². The van der Waals surface area contributed by atoms with Crippen molar-refractivity contribution in [3.05, 3.63) is 35.9 Å². The highest BCUT2D eigenvalue weighted by atomic mass is 19.4. The van der Waals surface area contributed by atoms with Gasteiger partial charge in [-0.25, -0.2) is 4.68 Å². The van der Waals surface area contributed by atoms with E-state index in [1.54, 1.807) is 12.1 Å². The van der Waals surface area contributed by atoms with E-state index in [2.05, 4.69) is 10.4 Å². The van der Waals surface area contributed by atoms with Gasteiger partial charge in [-0.15, -0.1) is 0 Å². The molecule has 0 aromatic carbocycles. The summed E-state index contributed by atoms with van der Waals surface area (Å²) in [6.45, 7) is 0.614. The molecule has 8 nitrogen and oxygen atoms in total. The molecule has 4 rings (SSSR count). The summed E-state index contributed by atoms with van der Waals surface area (Å²) in [6.07, 6.45) is -1.43. The summed E-state index contributed by atoms with van der Waals surface area (Å²) in [5.41, 5.74) is 5.37. The smallest absolute Gasteiger partial charge is 0.410 e. The normalized spacial score (nSPS) is 22.8. The SMILES string of the molecule is NC(=O)C1CCN(C(=O)c2cnn3c2N[C@H](c2ccco2)C[C@H]3C(F)(F)F)CC1. The maximum absolute atomic E-state index is 13.7. The first-order valence-corrected chi connectivity index (χ1v) is 9.28. The van der Waals surface area contributed by atoms with Gasteiger partial charge < -0.3 is 20.4 Å². The van der Waals surface area contributed by atoms with Gasteiger partial charge in [-0.2, -0.15) is 18.3 Å². The Kier molecular flexibility index (Phi) is 4.75. The number of alkyl halides is 3. The number of carbonyl (C=O) groups is 2. The Labute approximate surface area is 163 Å². The number of carbonyl (C=O) groups excluding carboxylic acids is 2. The van der Waals surface area contributed by atoms with Crippen LogP contribution < -0.4 is 11.1 Å². The fourth-order valence-electron chi connectivity index (χ4n) is 3.93. The van der Waals surface area contributed by atoms with Gasteiger partial charge in [-0.05, 0) is 25.0 Å². The number of primary amides is 1. The summed E-state index contributed by atoms with van der Waals surface area (Å²) in [4.78, 5) is 25.8. The molecule has 1 fully saturated rings. The van der Waals surface area contributed by atoms with Gasteiger partial charge in [-0.3, -0.25) is 9.59 Å². The number of furan rings is 1. The minimum absolute atomic E-state index is 0.0157. The van der Waals surface area contributed by atoms with Crippen LogP contribution in [0.3, 0.4) is 0 Å². The molecule has 11 heteroatoms. The number of rotatable bonds is 3. The lowest BCUT2D eigenvalue weighted by Gasteiger charge is -2.34. The first-order chi connectivity index (χ1) is 13.8. The number of nitrogens with zero attached hydrogens (tertiary/aromatic N) is 3. The summed E-state index contributed by atoms with van der Waals surface area (Å²) in [5.74, 6) is -0.760. The second-order valence-corrected chi connectivity index (χ2v) is 7.33. The minimum atomic E-state index is -4.53. The van der Waals surface area contributed by atoms with Crippen molar-refractivity contribution >= 4 is 17.6 Å². The molecular weight excluding hydrogens is 391 g/mol. The Morgan fingerprint density at radius 2 is 2.00 bits per heavy atom. The van der Waals surface area contributed by atoms with Crippen molar-refractivity contribution < 1.29 is 27.2 Å². The highest BCUT2D eigenvalue weighted by Gasteiger charge is 2.48. The molecule has 4 heterocycles. The summed E-state index contributed by atoms with van der Waals surface area (Å²) >= 11 is 0. The number of likely N-dealkylation sites (tertiary alicyclic amines) is 1. The monoisotopic (exact) mass is 411 g/mol. The Morgan fingerprint density at radius 1 is 1.28 bits per heavy atom. The van der Waals surface area contributed by atoms with Gasteiger partial charge in [0, 0.05) is 25.4 Å². The van der Waals surface area contributed by atoms with Crippen LogP contribution in [0.5, 0.6) is 0 Å². The predicted octanol–water partition coefficient (Wildman–Crippen LogP) is 2.47. The molecule has 156 valence electrons. The molecule has 0 spiro atoms. The number of hydrogen-bond donors (Lipinski definition) is 2. The van der Waals surface area contributed by atoms with Crippen LogP contribution in [0.1, 0.15) is 47.5 Å². The van der Waals surface area contributed by atoms with Gasteiger partial charge in [0.05, 0.1) is 18.5 Å². The van der Waals surface area contributed by atoms with Crippen LogP contribution >= 0.6 is 0 Å². The molecule has 0 bridgehead atoms. The number of nitrogens with two attached hydrogens (primary N) is 1. The average Bonchev–Trinajstić information content (AvgIpc) is 3.35. The summed E-state index contributed by atoms with van der Waals surface area (Å²) in [6, 6.07) is 0.567. The second-order valence-electron chi connectivity index (χ2n) is 7.33. The topological polar surface area (TPSA) is 106 Å². The molecule has 0 saturated carbocycles. The summed E-state index contributed by atoms with van der Waals surface area (Å²) < 4.78 is 47.1. The van der Waals surface area contributed by atoms with Crippen molar-refractivity contribution in [1.29, 1.82) is 0 Å². The third-order valence-corrected chi connectivity index (χ3v) is 5.54. The predicted molar refractivity (Wildman–Crippen MR) is 94.8 cm³/mol. The zero-order valence-electron chi connectivity index (χ0n) is 15.4. The molecule has 3 N–H and O–H groups in total. The van der Waals surface area contributed by atoms with E-state index in [0.29, 0.717) is 31.7 Å². The lowest BCUT2D eigenvalue weighted by molar-refractivity contribution is -0.174. The highest BCUT2D eigenvalue weighted by Crippen LogP contribution is 2.44. The Hall–Kier alpha value is -2.98. The Balaban J connectivity index is 1.62. The first-order valence-electron chi connectivity index (χ1n) is 9.28. The van der Waals surface area contributed by atoms with Crippen LogP contribution in [0.4, 0.5) is 19.0 Å². The van der Waals surface area contributed by atoms with E-state index in [9.17, 15) is 22.8 Å². The average molecular weight is 411 g/mol. The lowest BCUT2D eigenvalue weighted by Crippen LogP contribution is -2.42. The van der Waals surface area contributed by atoms with Gasteiger partial charge in [0.15, 0.2) is 6.04 Å². The van der Waals surface area contributed by atoms with Crippen LogP contribution in [0.25, 0.3) is 0 Å². The number of nitrogens with one attached hydrogen (secondary N) is 1. The molecule has 2 aliphatic heterocycles. The second kappa shape index (κ2) is 7.12. The molecule has 0 radical (unpaired) electrons. The number of fused-ring (bicyclic) bond motifs is 1. The molecule has 2 amide bonds. The van der Waals surface area contributed by atoms with Crippen molar-refractivity contribution in [3.8, 4) is 0 Å². The van der Waals surface area contributed by atoms with E-state index in [1.807, 2.05) is 0 Å². The van der Waals surface area contributed by atoms with Crippen molar-refractivity contribution in [2.75, 3.05) is 18.4 Å². The number of hydrogen-bond acceptors (Lipinski definition) is 5. The zero-order chi connectivity index (χ0) is 20.8. The van der Waals surface area contributed by atoms with Crippen LogP contribution in [-0.4, -0.2) is 45.8 Å². The fourth-order valence-corrected chi connectivity index (χ4v) is 3.93. The number of amides is 2. The van der Waals surface area contributed by atoms with E-state index < -0.39 is 30.1 Å². The molecule has 2 atom stereocenters. The van der Waals surface area contributed by atoms with Gasteiger partial charge >= 0.3 is 6.18 Å². The Bertz CT molecular complexity index is 900. The van der Waals surface area contributed by atoms with Gasteiger partial charge in [-0.1, -0.05) is 0 Å². The maximum Gasteiger partial charge on any atom is 0.410 e. The van der Waals surface area contributed by atoms with E-state index in [4.69, 9.17) is 10.2 Å². The number of piperidine rings is 1. The minimum Gasteiger partial charge on any atom is -0.467 e. The van der Waals surface area contributed by atoms with Gasteiger partial charge in [0.25, 0.3) is 5.91 Å². The highest BCUT2D eigenvalue weighted by molar-refractivity contribution is 5.99. The van der Waals surface area contributed by atoms with Crippen LogP contribution in [0.15, 0.2) is 29.0 Å². The number of halogens is 3. The molecular formula is C18H20F3N5O3. The third kappa shape index (κ3) is 3.56. The van der Waals surface area contributed by atoms with Crippen molar-refractivity contribution in [3.63, 3.8) is 0 Å². The van der Waals surface area contributed by atoms with Crippen LogP contribution in [-0.2, 0) is 4.79 Å². The zero-order valence-corrected chi connectivity index (χ0v) is 15.4. The van der Waals surface area contributed by atoms with Crippen LogP contribution in [0, 0.1) is 5.92 Å². The van der Waals surface area contributed by atoms with Gasteiger partial charge in [0.1, 0.15) is 17.1 Å². The standard InChI is InChI=1S/C18H20F3N5O3/c19-18(20,21)14-8-12(13-2-1-7-29-13)24-16-11(9-23-26(14)16)17(28)25-5-3-10(4-6-25)15(22)27/h1-2,7,9-10,12,14,24H,3-6,8H2,(H2,22,27)/t12-,14-/m0/s1. The third-order valence-electron chi connectivity index (χ3n) is 5.54. The van der Waals surface area contributed by atoms with E-state index in [-0.39, 0.29) is 23.7 Å². The number of aromatic nitrogens is 2. The van der Waals surface area contributed by atoms with Crippen molar-refractivity contribution in [2.45, 2.75) is 37.5 Å². The fraction of sp³-hybridized carbons (Fsp3) is 0.500. The van der Waals surface area contributed by atoms with Crippen molar-refractivity contribution in [1.82, 2.24) is 14.7 Å². The lowest BCUT2D eigenvalue weighted by atomic mass is 9.96. The van der Waals surface area contributed by atoms with Crippen molar-refractivity contribution in [2.24, 2.45) is 11.7 Å². The quantitative estimate of drug-likeness (QED) is 0.807. The van der Waals surface area contributed by atoms with E-state index in [0.717, 1.165) is 10.9 Å². The molecule has 0 unspecified atom stereocenters. The van der Waals surface area contributed by atoms with Gasteiger partial charge in [0.2, 0.25) is 5.91 Å². The molecule has 2 aliphatic rings.